The normalized spacial score (nSPS) is 11.1. The molecular formula is C24H22Cl2FN5O3. The molecule has 0 saturated carbocycles. The number of nitrogens with one attached hydrogen (secondary N) is 2. The third-order valence-electron chi connectivity index (χ3n) is 4.85. The number of aromatic nitrogens is 1. The Hall–Kier alpha value is -3.69. The van der Waals surface area contributed by atoms with Crippen molar-refractivity contribution < 1.29 is 18.7 Å². The van der Waals surface area contributed by atoms with Crippen LogP contribution in [-0.2, 0) is 0 Å². The van der Waals surface area contributed by atoms with Crippen molar-refractivity contribution in [2.75, 3.05) is 38.9 Å². The minimum absolute atomic E-state index is 0.00973. The summed E-state index contributed by atoms with van der Waals surface area (Å²) in [5.41, 5.74) is 0.280. The van der Waals surface area contributed by atoms with E-state index in [2.05, 4.69) is 20.6 Å². The predicted molar refractivity (Wildman–Crippen MR) is 136 cm³/mol. The van der Waals surface area contributed by atoms with E-state index in [0.717, 1.165) is 0 Å². The number of aliphatic imine (C=N–C) groups is 1. The van der Waals surface area contributed by atoms with Crippen molar-refractivity contribution in [2.24, 2.45) is 4.99 Å². The van der Waals surface area contributed by atoms with Gasteiger partial charge in [0.2, 0.25) is 0 Å². The Labute approximate surface area is 211 Å². The van der Waals surface area contributed by atoms with Crippen LogP contribution in [0.1, 0.15) is 26.3 Å². The molecule has 3 aromatic rings. The SMILES string of the molecule is C/N=C(\c1ccc(C(=O)Nc2c(OC)cc(Cl)cc2C(=O)Nc2ccc(Cl)cn2)c(F)c1)N(C)C. The Morgan fingerprint density at radius 2 is 1.71 bits per heavy atom. The van der Waals surface area contributed by atoms with Gasteiger partial charge in [0.15, 0.2) is 0 Å². The van der Waals surface area contributed by atoms with Crippen molar-refractivity contribution in [1.29, 1.82) is 0 Å². The third-order valence-corrected chi connectivity index (χ3v) is 5.29. The van der Waals surface area contributed by atoms with Crippen LogP contribution in [-0.4, -0.2) is 55.8 Å². The third kappa shape index (κ3) is 6.06. The van der Waals surface area contributed by atoms with Crippen LogP contribution in [0, 0.1) is 5.82 Å². The van der Waals surface area contributed by atoms with E-state index in [1.165, 1.54) is 43.6 Å². The van der Waals surface area contributed by atoms with Gasteiger partial charge in [0.1, 0.15) is 23.2 Å². The fraction of sp³-hybridized carbons (Fsp3) is 0.167. The van der Waals surface area contributed by atoms with Gasteiger partial charge in [0.25, 0.3) is 11.8 Å². The maximum Gasteiger partial charge on any atom is 0.259 e. The molecule has 0 radical (unpaired) electrons. The van der Waals surface area contributed by atoms with Gasteiger partial charge < -0.3 is 20.3 Å². The standard InChI is InChI=1S/C24H22Cl2FN5O3/c1-28-22(32(2)3)13-5-7-16(18(27)9-13)23(33)31-21-17(10-15(26)11-19(21)35-4)24(34)30-20-8-6-14(25)12-29-20/h5-12H,1-4H3,(H,31,33)(H,29,30,34)/b28-22+. The largest absolute Gasteiger partial charge is 0.494 e. The fourth-order valence-corrected chi connectivity index (χ4v) is 3.61. The maximum atomic E-state index is 14.9. The number of hydrogen-bond acceptors (Lipinski definition) is 5. The number of carbonyl (C=O) groups excluding carboxylic acids is 2. The second-order valence-electron chi connectivity index (χ2n) is 7.44. The Kier molecular flexibility index (Phi) is 8.26. The molecule has 0 spiro atoms. The van der Waals surface area contributed by atoms with E-state index in [1.807, 2.05) is 0 Å². The molecule has 0 aliphatic heterocycles. The monoisotopic (exact) mass is 517 g/mol. The van der Waals surface area contributed by atoms with E-state index in [-0.39, 0.29) is 33.4 Å². The van der Waals surface area contributed by atoms with E-state index >= 15 is 0 Å². The number of ether oxygens (including phenoxy) is 1. The summed E-state index contributed by atoms with van der Waals surface area (Å²) in [6.07, 6.45) is 1.37. The van der Waals surface area contributed by atoms with Crippen LogP contribution in [0.4, 0.5) is 15.9 Å². The maximum absolute atomic E-state index is 14.9. The number of methoxy groups -OCH3 is 1. The zero-order chi connectivity index (χ0) is 25.7. The number of carbonyl (C=O) groups is 2. The fourth-order valence-electron chi connectivity index (χ4n) is 3.29. The van der Waals surface area contributed by atoms with Gasteiger partial charge in [-0.3, -0.25) is 14.6 Å². The molecule has 0 saturated heterocycles. The molecule has 8 nitrogen and oxygen atoms in total. The Bertz CT molecular complexity index is 1300. The molecule has 0 fully saturated rings. The van der Waals surface area contributed by atoms with E-state index in [9.17, 15) is 14.0 Å². The molecule has 0 aliphatic rings. The van der Waals surface area contributed by atoms with Crippen LogP contribution in [0.25, 0.3) is 0 Å². The molecular weight excluding hydrogens is 496 g/mol. The van der Waals surface area contributed by atoms with Crippen molar-refractivity contribution in [3.05, 3.63) is 81.2 Å². The second kappa shape index (κ2) is 11.2. The first kappa shape index (κ1) is 25.9. The summed E-state index contributed by atoms with van der Waals surface area (Å²) >= 11 is 12.0. The summed E-state index contributed by atoms with van der Waals surface area (Å²) in [6.45, 7) is 0. The number of hydrogen-bond donors (Lipinski definition) is 2. The van der Waals surface area contributed by atoms with Crippen molar-refractivity contribution in [3.8, 4) is 5.75 Å². The lowest BCUT2D eigenvalue weighted by molar-refractivity contribution is 0.102. The number of benzene rings is 2. The second-order valence-corrected chi connectivity index (χ2v) is 8.31. The van der Waals surface area contributed by atoms with Gasteiger partial charge in [-0.25, -0.2) is 9.37 Å². The molecule has 1 aromatic heterocycles. The van der Waals surface area contributed by atoms with Gasteiger partial charge in [-0.1, -0.05) is 29.3 Å². The number of amidine groups is 1. The van der Waals surface area contributed by atoms with Crippen LogP contribution in [0.15, 0.2) is 53.7 Å². The summed E-state index contributed by atoms with van der Waals surface area (Å²) in [5.74, 6) is -1.27. The highest BCUT2D eigenvalue weighted by atomic mass is 35.5. The van der Waals surface area contributed by atoms with E-state index in [0.29, 0.717) is 16.4 Å². The molecule has 0 unspecified atom stereocenters. The van der Waals surface area contributed by atoms with Crippen LogP contribution in [0.5, 0.6) is 5.75 Å². The highest BCUT2D eigenvalue weighted by molar-refractivity contribution is 6.32. The highest BCUT2D eigenvalue weighted by Gasteiger charge is 2.22. The number of rotatable bonds is 6. The van der Waals surface area contributed by atoms with Gasteiger partial charge in [-0.05, 0) is 30.3 Å². The summed E-state index contributed by atoms with van der Waals surface area (Å²) in [4.78, 5) is 35.9. The first-order valence-electron chi connectivity index (χ1n) is 10.2. The number of halogens is 3. The lowest BCUT2D eigenvalue weighted by Gasteiger charge is -2.17. The average molecular weight is 518 g/mol. The molecule has 35 heavy (non-hydrogen) atoms. The van der Waals surface area contributed by atoms with Crippen LogP contribution in [0.2, 0.25) is 10.0 Å². The lowest BCUT2D eigenvalue weighted by Crippen LogP contribution is -2.24. The van der Waals surface area contributed by atoms with Crippen molar-refractivity contribution in [2.45, 2.75) is 0 Å². The smallest absolute Gasteiger partial charge is 0.259 e. The zero-order valence-corrected chi connectivity index (χ0v) is 20.8. The Morgan fingerprint density at radius 1 is 1.00 bits per heavy atom. The van der Waals surface area contributed by atoms with Crippen LogP contribution >= 0.6 is 23.2 Å². The van der Waals surface area contributed by atoms with E-state index < -0.39 is 17.6 Å². The molecule has 3 rings (SSSR count). The lowest BCUT2D eigenvalue weighted by atomic mass is 10.1. The van der Waals surface area contributed by atoms with E-state index in [1.54, 1.807) is 38.2 Å². The van der Waals surface area contributed by atoms with Crippen molar-refractivity contribution in [3.63, 3.8) is 0 Å². The summed E-state index contributed by atoms with van der Waals surface area (Å²) in [5, 5.41) is 5.76. The predicted octanol–water partition coefficient (Wildman–Crippen LogP) is 4.98. The average Bonchev–Trinajstić information content (AvgIpc) is 2.81. The zero-order valence-electron chi connectivity index (χ0n) is 19.3. The summed E-state index contributed by atoms with van der Waals surface area (Å²) < 4.78 is 20.2. The first-order chi connectivity index (χ1) is 16.6. The van der Waals surface area contributed by atoms with E-state index in [4.69, 9.17) is 27.9 Å². The number of amides is 2. The van der Waals surface area contributed by atoms with Gasteiger partial charge in [0, 0.05) is 44.0 Å². The van der Waals surface area contributed by atoms with Crippen molar-refractivity contribution >= 4 is 52.4 Å². The molecule has 2 amide bonds. The van der Waals surface area contributed by atoms with Crippen LogP contribution in [0.3, 0.4) is 0 Å². The van der Waals surface area contributed by atoms with Gasteiger partial charge in [-0.15, -0.1) is 0 Å². The van der Waals surface area contributed by atoms with Crippen LogP contribution < -0.4 is 15.4 Å². The van der Waals surface area contributed by atoms with Gasteiger partial charge in [-0.2, -0.15) is 0 Å². The molecule has 0 aliphatic carbocycles. The molecule has 2 aromatic carbocycles. The van der Waals surface area contributed by atoms with Crippen molar-refractivity contribution in [1.82, 2.24) is 9.88 Å². The molecule has 1 heterocycles. The van der Waals surface area contributed by atoms with Gasteiger partial charge >= 0.3 is 0 Å². The highest BCUT2D eigenvalue weighted by Crippen LogP contribution is 2.33. The Balaban J connectivity index is 1.95. The minimum atomic E-state index is -0.784. The first-order valence-corrected chi connectivity index (χ1v) is 11.0. The molecule has 182 valence electrons. The molecule has 0 bridgehead atoms. The minimum Gasteiger partial charge on any atom is -0.494 e. The van der Waals surface area contributed by atoms with Gasteiger partial charge in [0.05, 0.1) is 28.9 Å². The molecule has 11 heteroatoms. The summed E-state index contributed by atoms with van der Waals surface area (Å²) in [7, 11) is 6.50. The Morgan fingerprint density at radius 3 is 2.29 bits per heavy atom. The number of pyridine rings is 1. The topological polar surface area (TPSA) is 95.9 Å². The number of anilines is 2. The number of nitrogens with zero attached hydrogens (tertiary/aromatic N) is 3. The molecule has 0 atom stereocenters. The quantitative estimate of drug-likeness (QED) is 0.355. The summed E-state index contributed by atoms with van der Waals surface area (Å²) in [6, 6.07) is 9.99. The molecule has 2 N–H and O–H groups in total.